The van der Waals surface area contributed by atoms with Gasteiger partial charge < -0.3 is 19.3 Å². The number of amides is 3. The van der Waals surface area contributed by atoms with E-state index in [0.29, 0.717) is 54.2 Å². The van der Waals surface area contributed by atoms with E-state index in [2.05, 4.69) is 0 Å². The Morgan fingerprint density at radius 3 is 2.55 bits per heavy atom. The molecule has 0 saturated carbocycles. The molecule has 0 radical (unpaired) electrons. The lowest BCUT2D eigenvalue weighted by Gasteiger charge is -2.48. The molecule has 8 nitrogen and oxygen atoms in total. The summed E-state index contributed by atoms with van der Waals surface area (Å²) in [6.07, 6.45) is 1.73. The van der Waals surface area contributed by atoms with Crippen molar-refractivity contribution in [2.75, 3.05) is 37.6 Å². The van der Waals surface area contributed by atoms with Crippen molar-refractivity contribution >= 4 is 29.1 Å². The summed E-state index contributed by atoms with van der Waals surface area (Å²) in [6, 6.07) is 12.5. The van der Waals surface area contributed by atoms with Crippen molar-refractivity contribution in [2.45, 2.75) is 38.3 Å². The molecular formula is C25H29N3O5. The third kappa shape index (κ3) is 3.79. The number of anilines is 2. The summed E-state index contributed by atoms with van der Waals surface area (Å²) < 4.78 is 10.6. The Labute approximate surface area is 193 Å². The summed E-state index contributed by atoms with van der Waals surface area (Å²) in [5, 5.41) is 0. The van der Waals surface area contributed by atoms with Gasteiger partial charge in [0.1, 0.15) is 5.66 Å². The van der Waals surface area contributed by atoms with Crippen LogP contribution in [-0.2, 0) is 9.59 Å². The molecule has 3 amide bonds. The Balaban J connectivity index is 1.46. The SMILES string of the molecule is COc1ccc(N(C)C(=O)CCCN2C(=O)c3ccccc3N3C(=O)CCC23C)cc1OC. The maximum absolute atomic E-state index is 13.3. The Kier molecular flexibility index (Phi) is 6.01. The average Bonchev–Trinajstić information content (AvgIpc) is 3.15. The fraction of sp³-hybridized carbons (Fsp3) is 0.400. The maximum Gasteiger partial charge on any atom is 0.257 e. The second-order valence-electron chi connectivity index (χ2n) is 8.52. The largest absolute Gasteiger partial charge is 0.493 e. The highest BCUT2D eigenvalue weighted by atomic mass is 16.5. The molecule has 0 aromatic heterocycles. The van der Waals surface area contributed by atoms with Gasteiger partial charge in [0.2, 0.25) is 11.8 Å². The number of hydrogen-bond donors (Lipinski definition) is 0. The highest BCUT2D eigenvalue weighted by Gasteiger charge is 2.52. The zero-order valence-corrected chi connectivity index (χ0v) is 19.5. The number of para-hydroxylation sites is 1. The van der Waals surface area contributed by atoms with Crippen LogP contribution in [-0.4, -0.2) is 56.1 Å². The molecule has 4 rings (SSSR count). The van der Waals surface area contributed by atoms with Crippen LogP contribution in [0.1, 0.15) is 43.0 Å². The summed E-state index contributed by atoms with van der Waals surface area (Å²) in [5.74, 6) is 0.990. The summed E-state index contributed by atoms with van der Waals surface area (Å²) in [7, 11) is 4.83. The van der Waals surface area contributed by atoms with Crippen molar-refractivity contribution in [3.63, 3.8) is 0 Å². The highest BCUT2D eigenvalue weighted by molar-refractivity contribution is 6.10. The summed E-state index contributed by atoms with van der Waals surface area (Å²) in [4.78, 5) is 43.9. The highest BCUT2D eigenvalue weighted by Crippen LogP contribution is 2.44. The molecule has 2 aliphatic heterocycles. The van der Waals surface area contributed by atoms with Crippen LogP contribution in [0.25, 0.3) is 0 Å². The smallest absolute Gasteiger partial charge is 0.257 e. The zero-order valence-electron chi connectivity index (χ0n) is 19.5. The van der Waals surface area contributed by atoms with Crippen LogP contribution in [0.4, 0.5) is 11.4 Å². The Hall–Kier alpha value is -3.55. The lowest BCUT2D eigenvalue weighted by atomic mass is 9.98. The van der Waals surface area contributed by atoms with Gasteiger partial charge in [-0.25, -0.2) is 0 Å². The number of fused-ring (bicyclic) bond motifs is 3. The van der Waals surface area contributed by atoms with Crippen molar-refractivity contribution in [2.24, 2.45) is 0 Å². The van der Waals surface area contributed by atoms with Gasteiger partial charge >= 0.3 is 0 Å². The predicted octanol–water partition coefficient (Wildman–Crippen LogP) is 3.45. The van der Waals surface area contributed by atoms with Crippen LogP contribution in [0.2, 0.25) is 0 Å². The van der Waals surface area contributed by atoms with Crippen molar-refractivity contribution in [3.8, 4) is 11.5 Å². The minimum Gasteiger partial charge on any atom is -0.493 e. The number of ether oxygens (including phenoxy) is 2. The third-order valence-electron chi connectivity index (χ3n) is 6.65. The van der Waals surface area contributed by atoms with Gasteiger partial charge in [-0.1, -0.05) is 12.1 Å². The van der Waals surface area contributed by atoms with Crippen LogP contribution >= 0.6 is 0 Å². The fourth-order valence-electron chi connectivity index (χ4n) is 4.78. The summed E-state index contributed by atoms with van der Waals surface area (Å²) in [6.45, 7) is 2.32. The molecule has 2 aromatic carbocycles. The van der Waals surface area contributed by atoms with Gasteiger partial charge in [-0.3, -0.25) is 19.3 Å². The molecule has 8 heteroatoms. The van der Waals surface area contributed by atoms with Gasteiger partial charge in [-0.05, 0) is 44.0 Å². The molecule has 1 fully saturated rings. The molecule has 0 aliphatic carbocycles. The van der Waals surface area contributed by atoms with Crippen molar-refractivity contribution in [1.82, 2.24) is 4.90 Å². The third-order valence-corrected chi connectivity index (χ3v) is 6.65. The fourth-order valence-corrected chi connectivity index (χ4v) is 4.78. The molecule has 1 atom stereocenters. The van der Waals surface area contributed by atoms with Crippen molar-refractivity contribution in [3.05, 3.63) is 48.0 Å². The molecule has 1 saturated heterocycles. The minimum absolute atomic E-state index is 0.0201. The quantitative estimate of drug-likeness (QED) is 0.644. The second-order valence-corrected chi connectivity index (χ2v) is 8.52. The van der Waals surface area contributed by atoms with E-state index in [0.717, 1.165) is 0 Å². The number of nitrogens with zero attached hydrogens (tertiary/aromatic N) is 3. The van der Waals surface area contributed by atoms with Gasteiger partial charge in [0, 0.05) is 38.2 Å². The topological polar surface area (TPSA) is 79.4 Å². The van der Waals surface area contributed by atoms with Crippen molar-refractivity contribution < 1.29 is 23.9 Å². The van der Waals surface area contributed by atoms with Crippen LogP contribution in [0, 0.1) is 0 Å². The van der Waals surface area contributed by atoms with E-state index in [1.807, 2.05) is 19.1 Å². The molecule has 0 bridgehead atoms. The van der Waals surface area contributed by atoms with Gasteiger partial charge in [0.05, 0.1) is 25.5 Å². The van der Waals surface area contributed by atoms with E-state index >= 15 is 0 Å². The molecule has 2 aliphatic rings. The van der Waals surface area contributed by atoms with E-state index in [-0.39, 0.29) is 24.1 Å². The molecular weight excluding hydrogens is 422 g/mol. The monoisotopic (exact) mass is 451 g/mol. The van der Waals surface area contributed by atoms with E-state index in [1.165, 1.54) is 0 Å². The molecule has 33 heavy (non-hydrogen) atoms. The molecule has 0 N–H and O–H groups in total. The van der Waals surface area contributed by atoms with Crippen LogP contribution < -0.4 is 19.3 Å². The van der Waals surface area contributed by atoms with Crippen molar-refractivity contribution in [1.29, 1.82) is 0 Å². The average molecular weight is 452 g/mol. The van der Waals surface area contributed by atoms with Gasteiger partial charge in [-0.2, -0.15) is 0 Å². The Bertz CT molecular complexity index is 1100. The van der Waals surface area contributed by atoms with E-state index in [1.54, 1.807) is 66.3 Å². The lowest BCUT2D eigenvalue weighted by molar-refractivity contribution is -0.119. The standard InChI is InChI=1S/C25H29N3O5/c1-25-14-13-23(30)28(25)19-9-6-5-8-18(19)24(31)27(25)15-7-10-22(29)26(2)17-11-12-20(32-3)21(16-17)33-4/h5-6,8-9,11-12,16H,7,10,13-15H2,1-4H3. The summed E-state index contributed by atoms with van der Waals surface area (Å²) in [5.41, 5.74) is 1.19. The first-order valence-electron chi connectivity index (χ1n) is 11.0. The Morgan fingerprint density at radius 2 is 1.82 bits per heavy atom. The summed E-state index contributed by atoms with van der Waals surface area (Å²) >= 11 is 0. The number of carbonyl (C=O) groups excluding carboxylic acids is 3. The molecule has 2 heterocycles. The predicted molar refractivity (Wildman–Crippen MR) is 125 cm³/mol. The first kappa shape index (κ1) is 22.6. The molecule has 0 spiro atoms. The minimum atomic E-state index is -0.708. The van der Waals surface area contributed by atoms with Gasteiger partial charge in [0.25, 0.3) is 5.91 Å². The van der Waals surface area contributed by atoms with E-state index in [9.17, 15) is 14.4 Å². The van der Waals surface area contributed by atoms with Gasteiger partial charge in [0.15, 0.2) is 11.5 Å². The van der Waals surface area contributed by atoms with Crippen LogP contribution in [0.3, 0.4) is 0 Å². The second kappa shape index (κ2) is 8.77. The molecule has 2 aromatic rings. The van der Waals surface area contributed by atoms with E-state index < -0.39 is 5.66 Å². The normalized spacial score (nSPS) is 19.3. The molecule has 174 valence electrons. The first-order chi connectivity index (χ1) is 15.8. The van der Waals surface area contributed by atoms with Crippen LogP contribution in [0.15, 0.2) is 42.5 Å². The number of benzene rings is 2. The van der Waals surface area contributed by atoms with E-state index in [4.69, 9.17) is 9.47 Å². The van der Waals surface area contributed by atoms with Crippen LogP contribution in [0.5, 0.6) is 11.5 Å². The maximum atomic E-state index is 13.3. The Morgan fingerprint density at radius 1 is 1.09 bits per heavy atom. The number of methoxy groups -OCH3 is 2. The number of carbonyl (C=O) groups is 3. The first-order valence-corrected chi connectivity index (χ1v) is 11.0. The number of rotatable bonds is 7. The number of hydrogen-bond acceptors (Lipinski definition) is 5. The molecule has 1 unspecified atom stereocenters. The van der Waals surface area contributed by atoms with Gasteiger partial charge in [-0.15, -0.1) is 0 Å². The zero-order chi connectivity index (χ0) is 23.8. The lowest BCUT2D eigenvalue weighted by Crippen LogP contribution is -2.62.